The van der Waals surface area contributed by atoms with Gasteiger partial charge in [0.1, 0.15) is 72.5 Å². The molecular formula is C78H107N19O19S2. The first kappa shape index (κ1) is 95.4. The Morgan fingerprint density at radius 3 is 1.29 bits per heavy atom. The summed E-state index contributed by atoms with van der Waals surface area (Å²) in [6.45, 7) is 2.17. The van der Waals surface area contributed by atoms with Gasteiger partial charge in [0, 0.05) is 49.9 Å². The highest BCUT2D eigenvalue weighted by Crippen LogP contribution is 2.24. The summed E-state index contributed by atoms with van der Waals surface area (Å²) in [7, 11) is 1.49. The number of rotatable bonds is 28. The number of hydrogen-bond donors (Lipinski definition) is 21. The van der Waals surface area contributed by atoms with Crippen LogP contribution >= 0.6 is 21.6 Å². The second-order valence-electron chi connectivity index (χ2n) is 28.3. The predicted molar refractivity (Wildman–Crippen MR) is 434 cm³/mol. The molecule has 1 aliphatic rings. The van der Waals surface area contributed by atoms with E-state index in [9.17, 15) is 78.0 Å². The molecule has 0 aliphatic carbocycles. The van der Waals surface area contributed by atoms with Gasteiger partial charge in [-0.15, -0.1) is 0 Å². The van der Waals surface area contributed by atoms with Crippen molar-refractivity contribution in [3.63, 3.8) is 0 Å². The average molecular weight is 1680 g/mol. The van der Waals surface area contributed by atoms with Crippen LogP contribution in [0.5, 0.6) is 0 Å². The van der Waals surface area contributed by atoms with Gasteiger partial charge in [-0.2, -0.15) is 0 Å². The molecule has 640 valence electrons. The van der Waals surface area contributed by atoms with Crippen LogP contribution in [0.3, 0.4) is 0 Å². The zero-order chi connectivity index (χ0) is 86.4. The number of aromatic nitrogens is 2. The van der Waals surface area contributed by atoms with Crippen LogP contribution in [0, 0.1) is 0 Å². The number of amides is 14. The number of primary amides is 1. The quantitative estimate of drug-likeness (QED) is 0.0164. The molecule has 0 saturated carbocycles. The van der Waals surface area contributed by atoms with Gasteiger partial charge in [0.05, 0.1) is 49.8 Å². The molecule has 25 N–H and O–H groups in total. The van der Waals surface area contributed by atoms with Gasteiger partial charge in [-0.3, -0.25) is 67.1 Å². The molecule has 2 heterocycles. The van der Waals surface area contributed by atoms with Crippen LogP contribution in [0.2, 0.25) is 0 Å². The molecule has 1 aliphatic heterocycles. The number of carboxylic acids is 1. The number of aliphatic hydroxyl groups is 3. The fraction of sp³-hybridized carbons (Fsp3) is 0.462. The van der Waals surface area contributed by atoms with E-state index >= 15 is 14.4 Å². The summed E-state index contributed by atoms with van der Waals surface area (Å²) in [6, 6.07) is 11.6. The number of aliphatic carboxylic acids is 1. The second-order valence-corrected chi connectivity index (χ2v) is 30.8. The van der Waals surface area contributed by atoms with Gasteiger partial charge in [0.15, 0.2) is 0 Å². The Kier molecular flexibility index (Phi) is 40.1. The summed E-state index contributed by atoms with van der Waals surface area (Å²) >= 11 is 0. The first-order valence-electron chi connectivity index (χ1n) is 38.3. The first-order valence-corrected chi connectivity index (χ1v) is 40.8. The zero-order valence-electron chi connectivity index (χ0n) is 65.5. The van der Waals surface area contributed by atoms with Gasteiger partial charge in [-0.05, 0) is 94.6 Å². The van der Waals surface area contributed by atoms with Crippen LogP contribution in [-0.4, -0.2) is 247 Å². The van der Waals surface area contributed by atoms with Crippen LogP contribution in [-0.2, 0) is 104 Å². The maximum Gasteiger partial charge on any atom is 0.327 e. The van der Waals surface area contributed by atoms with Gasteiger partial charge in [0.2, 0.25) is 82.7 Å². The number of aliphatic hydroxyl groups excluding tert-OH is 3. The number of carbonyl (C=O) groups excluding carboxylic acids is 14. The molecule has 118 heavy (non-hydrogen) atoms. The number of hydrogen-bond acceptors (Lipinski definition) is 24. The number of nitrogens with one attached hydrogen (secondary N) is 13. The zero-order valence-corrected chi connectivity index (χ0v) is 67.2. The molecule has 1 saturated heterocycles. The fourth-order valence-electron chi connectivity index (χ4n) is 12.0. The molecule has 0 radical (unpaired) electrons. The number of nitrogens with two attached hydrogens (primary N) is 4. The summed E-state index contributed by atoms with van der Waals surface area (Å²) in [6.07, 6.45) is -2.17. The van der Waals surface area contributed by atoms with Crippen molar-refractivity contribution in [1.29, 1.82) is 0 Å². The largest absolute Gasteiger partial charge is 0.480 e. The maximum atomic E-state index is 15.4. The Hall–Kier alpha value is -11.4. The molecule has 0 bridgehead atoms. The average Bonchev–Trinajstić information content (AvgIpc) is 1.25. The molecule has 15 atom stereocenters. The van der Waals surface area contributed by atoms with Gasteiger partial charge >= 0.3 is 5.97 Å². The van der Waals surface area contributed by atoms with Crippen molar-refractivity contribution < 1.29 is 92.3 Å². The third-order valence-corrected chi connectivity index (χ3v) is 20.9. The Morgan fingerprint density at radius 1 is 0.483 bits per heavy atom. The molecule has 14 amide bonds. The summed E-state index contributed by atoms with van der Waals surface area (Å²) in [4.78, 5) is 218. The Balaban J connectivity index is 1.47. The highest BCUT2D eigenvalue weighted by atomic mass is 33.1. The van der Waals surface area contributed by atoms with Crippen LogP contribution in [0.25, 0.3) is 0 Å². The third kappa shape index (κ3) is 32.6. The van der Waals surface area contributed by atoms with Crippen LogP contribution in [0.4, 0.5) is 0 Å². The van der Waals surface area contributed by atoms with Crippen molar-refractivity contribution in [3.8, 4) is 0 Å². The standard InChI is InChI=1S/C78H107N19O19S2/c1-44(81)66(103)83-37-63(102)85-60-41-117-118-42-61(78(115)116)94-74(111)59(40-98)93-77(114)65(46(3)100)96-73(110)56(34-49-24-12-6-13-25-49)92-76(113)64(45(2)99)95-68(105)53(29-17-19-31-80)86-71(108)57(35-51-39-97(43-84-51)38-50-26-14-7-15-27-50)90-70(107)55(33-48-22-10-5-11-23-48)88-69(106)54(32-47-20-8-4-9-21-47)89-72(109)58(36-62(82)101)91-67(104)52(87-75(60)112)28-16-18-30-79/h4-15,20-27,39,43-46,52-61,64-65,98-100H,16-19,28-38,40-42,79-81H2,1-3H3,(H2,82,101)(H,83,103)(H,85,102)(H,86,108)(H,87,112)(H,88,106)(H,89,109)(H,90,107)(H,91,104)(H,92,113)(H,93,114)(H,94,111)(H,95,105)(H,96,110)(H,115,116)/t44-,45+,46+,52-,53-,54-,55-,56-,57+,58-,59-,60-,61-,64-,65-/m0/s1. The first-order chi connectivity index (χ1) is 56.4. The number of benzene rings is 4. The number of nitrogens with zero attached hydrogens (tertiary/aromatic N) is 2. The molecule has 5 aromatic rings. The fourth-order valence-corrected chi connectivity index (χ4v) is 14.3. The number of carbonyl (C=O) groups is 15. The third-order valence-electron chi connectivity index (χ3n) is 18.5. The summed E-state index contributed by atoms with van der Waals surface area (Å²) in [5.74, 6) is -17.9. The summed E-state index contributed by atoms with van der Waals surface area (Å²) in [5.41, 5.74) is 25.6. The minimum Gasteiger partial charge on any atom is -0.480 e. The number of imidazole rings is 1. The van der Waals surface area contributed by atoms with E-state index in [4.69, 9.17) is 22.9 Å². The van der Waals surface area contributed by atoms with E-state index in [1.54, 1.807) is 102 Å². The van der Waals surface area contributed by atoms with Gasteiger partial charge < -0.3 is 117 Å². The Morgan fingerprint density at radius 2 is 0.856 bits per heavy atom. The number of unbranched alkanes of at least 4 members (excludes halogenated alkanes) is 2. The van der Waals surface area contributed by atoms with Gasteiger partial charge in [-0.1, -0.05) is 143 Å². The SMILES string of the molecule is C[C@H](N)C(=O)NCC(=O)N[C@H]1CSSC[C@@H](C(=O)O)NC(=O)[C@H](CO)NC(=O)[C@H]([C@@H](C)O)NC(=O)[C@H](Cc2ccccc2)NC(=O)[C@H]([C@@H](C)O)NC(=O)[C@H](CCCCN)NC(=O)[C@@H](Cc2cn(Cc3ccccc3)cn2)NC(=O)[C@H](Cc2ccccc2)NC(=O)[C@H](Cc2ccccc2)NC(=O)[C@H](CC(N)=O)NC(=O)[C@H](CCCCN)NC1=O. The van der Waals surface area contributed by atoms with Gasteiger partial charge in [0.25, 0.3) is 0 Å². The highest BCUT2D eigenvalue weighted by Gasteiger charge is 2.40. The smallest absolute Gasteiger partial charge is 0.327 e. The van der Waals surface area contributed by atoms with E-state index in [1.807, 2.05) is 30.3 Å². The summed E-state index contributed by atoms with van der Waals surface area (Å²) in [5, 5.41) is 75.5. The van der Waals surface area contributed by atoms with Crippen molar-refractivity contribution in [1.82, 2.24) is 78.7 Å². The Bertz CT molecular complexity index is 4180. The monoisotopic (exact) mass is 1680 g/mol. The van der Waals surface area contributed by atoms with Crippen molar-refractivity contribution in [3.05, 3.63) is 162 Å². The lowest BCUT2D eigenvalue weighted by molar-refractivity contribution is -0.142. The molecule has 1 aromatic heterocycles. The topological polar surface area (TPSA) is 615 Å². The van der Waals surface area contributed by atoms with E-state index in [0.29, 0.717) is 29.7 Å². The second kappa shape index (κ2) is 49.6. The molecule has 0 spiro atoms. The van der Waals surface area contributed by atoms with E-state index in [-0.39, 0.29) is 76.6 Å². The number of carboxylic acid groups (broad SMARTS) is 1. The van der Waals surface area contributed by atoms with Crippen molar-refractivity contribution in [2.75, 3.05) is 37.7 Å². The minimum absolute atomic E-state index is 0.101. The summed E-state index contributed by atoms with van der Waals surface area (Å²) < 4.78 is 1.72. The maximum absolute atomic E-state index is 15.4. The molecule has 6 rings (SSSR count). The Labute approximate surface area is 689 Å². The van der Waals surface area contributed by atoms with Gasteiger partial charge in [-0.25, -0.2) is 9.78 Å². The molecule has 0 unspecified atom stereocenters. The molecule has 1 fully saturated rings. The molecule has 40 heteroatoms. The minimum atomic E-state index is -1.99. The van der Waals surface area contributed by atoms with E-state index < -0.39 is 210 Å². The lowest BCUT2D eigenvalue weighted by Gasteiger charge is -2.29. The van der Waals surface area contributed by atoms with Crippen LogP contribution in [0.1, 0.15) is 93.7 Å². The lowest BCUT2D eigenvalue weighted by Crippen LogP contribution is -2.63. The molecule has 4 aromatic carbocycles. The molecule has 38 nitrogen and oxygen atoms in total. The molecular weight excluding hydrogens is 1570 g/mol. The highest BCUT2D eigenvalue weighted by molar-refractivity contribution is 8.76. The van der Waals surface area contributed by atoms with Crippen molar-refractivity contribution in [2.24, 2.45) is 22.9 Å². The predicted octanol–water partition coefficient (Wildman–Crippen LogP) is -5.15. The van der Waals surface area contributed by atoms with Crippen molar-refractivity contribution >= 4 is 110 Å². The van der Waals surface area contributed by atoms with E-state index in [2.05, 4.69) is 74.1 Å². The lowest BCUT2D eigenvalue weighted by atomic mass is 10.0. The van der Waals surface area contributed by atoms with E-state index in [0.717, 1.165) is 41.0 Å². The van der Waals surface area contributed by atoms with Crippen molar-refractivity contribution in [2.45, 2.75) is 189 Å². The van der Waals surface area contributed by atoms with Crippen LogP contribution < -0.4 is 92.1 Å². The normalized spacial score (nSPS) is 23.4. The van der Waals surface area contributed by atoms with E-state index in [1.165, 1.54) is 13.3 Å². The van der Waals surface area contributed by atoms with Crippen LogP contribution in [0.15, 0.2) is 134 Å².